The van der Waals surface area contributed by atoms with Crippen LogP contribution in [0.5, 0.6) is 0 Å². The van der Waals surface area contributed by atoms with Crippen molar-refractivity contribution in [2.75, 3.05) is 30.4 Å². The summed E-state index contributed by atoms with van der Waals surface area (Å²) >= 11 is 0. The Morgan fingerprint density at radius 3 is 2.68 bits per heavy atom. The Kier molecular flexibility index (Phi) is 4.15. The number of anilines is 2. The van der Waals surface area contributed by atoms with E-state index in [0.29, 0.717) is 18.3 Å². The number of carbonyl (C=O) groups excluding carboxylic acids is 1. The van der Waals surface area contributed by atoms with E-state index in [2.05, 4.69) is 9.88 Å². The van der Waals surface area contributed by atoms with Crippen LogP contribution in [0.25, 0.3) is 0 Å². The minimum atomic E-state index is -0.0756. The molecule has 5 nitrogen and oxygen atoms in total. The van der Waals surface area contributed by atoms with Crippen molar-refractivity contribution in [2.24, 2.45) is 0 Å². The van der Waals surface area contributed by atoms with Gasteiger partial charge in [0.15, 0.2) is 0 Å². The number of aliphatic hydroxyl groups is 1. The van der Waals surface area contributed by atoms with Gasteiger partial charge in [-0.15, -0.1) is 0 Å². The number of nitrogens with one attached hydrogen (secondary N) is 1. The molecule has 5 heteroatoms. The van der Waals surface area contributed by atoms with Crippen LogP contribution in [0.2, 0.25) is 0 Å². The fourth-order valence-electron chi connectivity index (χ4n) is 2.53. The van der Waals surface area contributed by atoms with Crippen molar-refractivity contribution >= 4 is 17.3 Å². The summed E-state index contributed by atoms with van der Waals surface area (Å²) in [6, 6.07) is 11.9. The molecule has 1 aliphatic rings. The molecule has 22 heavy (non-hydrogen) atoms. The quantitative estimate of drug-likeness (QED) is 0.861. The summed E-state index contributed by atoms with van der Waals surface area (Å²) in [5.41, 5.74) is 2.49. The fraction of sp³-hybridized carbons (Fsp3) is 0.353. The average Bonchev–Trinajstić information content (AvgIpc) is 3.25. The van der Waals surface area contributed by atoms with Gasteiger partial charge in [0.25, 0.3) is 5.91 Å². The largest absolute Gasteiger partial charge is 0.395 e. The van der Waals surface area contributed by atoms with Crippen LogP contribution < -0.4 is 10.2 Å². The third-order valence-electron chi connectivity index (χ3n) is 3.95. The summed E-state index contributed by atoms with van der Waals surface area (Å²) in [5, 5.41) is 11.9. The molecule has 0 spiro atoms. The van der Waals surface area contributed by atoms with E-state index in [1.165, 1.54) is 0 Å². The molecule has 0 aliphatic heterocycles. The number of nitrogens with zero attached hydrogens (tertiary/aromatic N) is 2. The molecule has 1 heterocycles. The van der Waals surface area contributed by atoms with Gasteiger partial charge < -0.3 is 19.9 Å². The summed E-state index contributed by atoms with van der Waals surface area (Å²) in [6.07, 6.45) is 4.28. The number of likely N-dealkylation sites (N-methyl/N-ethyl adjacent to an activating group) is 1. The molecule has 0 radical (unpaired) electrons. The molecule has 0 bridgehead atoms. The molecule has 1 amide bonds. The van der Waals surface area contributed by atoms with Crippen LogP contribution in [0.3, 0.4) is 0 Å². The van der Waals surface area contributed by atoms with Gasteiger partial charge in [0, 0.05) is 37.2 Å². The highest BCUT2D eigenvalue weighted by atomic mass is 16.3. The minimum Gasteiger partial charge on any atom is -0.395 e. The van der Waals surface area contributed by atoms with Crippen molar-refractivity contribution in [3.63, 3.8) is 0 Å². The van der Waals surface area contributed by atoms with E-state index in [4.69, 9.17) is 5.11 Å². The van der Waals surface area contributed by atoms with Crippen LogP contribution in [0.15, 0.2) is 42.6 Å². The maximum atomic E-state index is 12.4. The van der Waals surface area contributed by atoms with Gasteiger partial charge in [-0.25, -0.2) is 0 Å². The van der Waals surface area contributed by atoms with Gasteiger partial charge in [0.05, 0.1) is 6.61 Å². The highest BCUT2D eigenvalue weighted by Gasteiger charge is 2.26. The molecule has 0 atom stereocenters. The van der Waals surface area contributed by atoms with E-state index in [9.17, 15) is 4.79 Å². The number of hydrogen-bond donors (Lipinski definition) is 2. The number of rotatable bonds is 6. The molecule has 2 N–H and O–H groups in total. The topological polar surface area (TPSA) is 57.5 Å². The Morgan fingerprint density at radius 2 is 2.05 bits per heavy atom. The van der Waals surface area contributed by atoms with Crippen molar-refractivity contribution < 1.29 is 9.90 Å². The maximum absolute atomic E-state index is 12.4. The lowest BCUT2D eigenvalue weighted by molar-refractivity contribution is 0.101. The summed E-state index contributed by atoms with van der Waals surface area (Å²) < 4.78 is 2.05. The van der Waals surface area contributed by atoms with E-state index >= 15 is 0 Å². The lowest BCUT2D eigenvalue weighted by Crippen LogP contribution is -2.21. The van der Waals surface area contributed by atoms with Crippen LogP contribution in [0.4, 0.5) is 11.4 Å². The van der Waals surface area contributed by atoms with Gasteiger partial charge in [0.2, 0.25) is 0 Å². The minimum absolute atomic E-state index is 0.0756. The molecule has 0 unspecified atom stereocenters. The molecule has 0 saturated heterocycles. The predicted molar refractivity (Wildman–Crippen MR) is 87.5 cm³/mol. The first-order valence-corrected chi connectivity index (χ1v) is 7.59. The SMILES string of the molecule is CN(CCO)c1ccc(NC(=O)c2cccn2C2CC2)cc1. The van der Waals surface area contributed by atoms with Crippen molar-refractivity contribution in [3.05, 3.63) is 48.3 Å². The first-order valence-electron chi connectivity index (χ1n) is 7.59. The summed E-state index contributed by atoms with van der Waals surface area (Å²) in [4.78, 5) is 14.3. The summed E-state index contributed by atoms with van der Waals surface area (Å²) in [7, 11) is 1.92. The van der Waals surface area contributed by atoms with Gasteiger partial charge in [-0.05, 0) is 49.2 Å². The van der Waals surface area contributed by atoms with Crippen LogP contribution in [-0.4, -0.2) is 35.8 Å². The molecular weight excluding hydrogens is 278 g/mol. The maximum Gasteiger partial charge on any atom is 0.272 e. The van der Waals surface area contributed by atoms with Crippen molar-refractivity contribution in [1.82, 2.24) is 4.57 Å². The summed E-state index contributed by atoms with van der Waals surface area (Å²) in [5.74, 6) is -0.0756. The van der Waals surface area contributed by atoms with E-state index in [1.54, 1.807) is 0 Å². The van der Waals surface area contributed by atoms with E-state index in [1.807, 2.05) is 54.5 Å². The zero-order valence-electron chi connectivity index (χ0n) is 12.7. The van der Waals surface area contributed by atoms with Crippen LogP contribution >= 0.6 is 0 Å². The van der Waals surface area contributed by atoms with Crippen LogP contribution in [0.1, 0.15) is 29.4 Å². The Morgan fingerprint density at radius 1 is 1.32 bits per heavy atom. The molecular formula is C17H21N3O2. The fourth-order valence-corrected chi connectivity index (χ4v) is 2.53. The monoisotopic (exact) mass is 299 g/mol. The van der Waals surface area contributed by atoms with Crippen molar-refractivity contribution in [3.8, 4) is 0 Å². The van der Waals surface area contributed by atoms with Gasteiger partial charge >= 0.3 is 0 Å². The zero-order chi connectivity index (χ0) is 15.5. The molecule has 116 valence electrons. The first kappa shape index (κ1) is 14.7. The third kappa shape index (κ3) is 3.14. The highest BCUT2D eigenvalue weighted by molar-refractivity contribution is 6.03. The van der Waals surface area contributed by atoms with E-state index < -0.39 is 0 Å². The normalized spacial score (nSPS) is 13.9. The van der Waals surface area contributed by atoms with Gasteiger partial charge in [0.1, 0.15) is 5.69 Å². The number of aliphatic hydroxyl groups excluding tert-OH is 1. The second-order valence-corrected chi connectivity index (χ2v) is 5.68. The van der Waals surface area contributed by atoms with Crippen molar-refractivity contribution in [2.45, 2.75) is 18.9 Å². The van der Waals surface area contributed by atoms with Crippen LogP contribution in [-0.2, 0) is 0 Å². The van der Waals surface area contributed by atoms with Gasteiger partial charge in [-0.3, -0.25) is 4.79 Å². The number of aromatic nitrogens is 1. The number of benzene rings is 1. The Hall–Kier alpha value is -2.27. The molecule has 1 aromatic heterocycles. The second kappa shape index (κ2) is 6.23. The first-order chi connectivity index (χ1) is 10.7. The molecule has 3 rings (SSSR count). The van der Waals surface area contributed by atoms with E-state index in [0.717, 1.165) is 24.2 Å². The second-order valence-electron chi connectivity index (χ2n) is 5.68. The summed E-state index contributed by atoms with van der Waals surface area (Å²) in [6.45, 7) is 0.702. The number of amides is 1. The molecule has 1 aliphatic carbocycles. The lowest BCUT2D eigenvalue weighted by atomic mass is 10.2. The molecule has 1 aromatic carbocycles. The zero-order valence-corrected chi connectivity index (χ0v) is 12.7. The van der Waals surface area contributed by atoms with Gasteiger partial charge in [-0.1, -0.05) is 0 Å². The molecule has 1 saturated carbocycles. The average molecular weight is 299 g/mol. The Bertz CT molecular complexity index is 644. The smallest absolute Gasteiger partial charge is 0.272 e. The number of hydrogen-bond acceptors (Lipinski definition) is 3. The van der Waals surface area contributed by atoms with E-state index in [-0.39, 0.29) is 12.5 Å². The Labute approximate surface area is 130 Å². The van der Waals surface area contributed by atoms with Gasteiger partial charge in [-0.2, -0.15) is 0 Å². The number of carbonyl (C=O) groups is 1. The highest BCUT2D eigenvalue weighted by Crippen LogP contribution is 2.36. The molecule has 2 aromatic rings. The lowest BCUT2D eigenvalue weighted by Gasteiger charge is -2.18. The Balaban J connectivity index is 1.67. The van der Waals surface area contributed by atoms with Crippen molar-refractivity contribution in [1.29, 1.82) is 0 Å². The third-order valence-corrected chi connectivity index (χ3v) is 3.95. The molecule has 1 fully saturated rings. The van der Waals surface area contributed by atoms with Crippen LogP contribution in [0, 0.1) is 0 Å². The standard InChI is InChI=1S/C17H21N3O2/c1-19(11-12-21)14-6-4-13(5-7-14)18-17(22)16-3-2-10-20(16)15-8-9-15/h2-7,10,15,21H,8-9,11-12H2,1H3,(H,18,22). The predicted octanol–water partition coefficient (Wildman–Crippen LogP) is 2.50.